The number of nitrogens with one attached hydrogen (secondary N) is 2. The first-order valence-electron chi connectivity index (χ1n) is 8.06. The molecule has 0 aromatic heterocycles. The fraction of sp³-hybridized carbons (Fsp3) is 0.316. The molecule has 25 heavy (non-hydrogen) atoms. The van der Waals surface area contributed by atoms with Gasteiger partial charge in [0.1, 0.15) is 11.6 Å². The van der Waals surface area contributed by atoms with Crippen LogP contribution in [0.15, 0.2) is 48.5 Å². The average molecular weight is 345 g/mol. The number of amides is 2. The quantitative estimate of drug-likeness (QED) is 0.811. The standard InChI is InChI=1S/C19H24FN3O2/c1-23(2)18(14-8-10-16(25-3)11-9-14)13-22-19(24)21-12-15-6-4-5-7-17(15)20/h4-11,18H,12-13H2,1-3H3,(H2,21,22,24). The number of urea groups is 1. The summed E-state index contributed by atoms with van der Waals surface area (Å²) in [4.78, 5) is 14.0. The second kappa shape index (κ2) is 9.03. The van der Waals surface area contributed by atoms with Gasteiger partial charge in [-0.2, -0.15) is 0 Å². The number of rotatable bonds is 7. The lowest BCUT2D eigenvalue weighted by Gasteiger charge is -2.25. The van der Waals surface area contributed by atoms with Crippen LogP contribution >= 0.6 is 0 Å². The van der Waals surface area contributed by atoms with Crippen LogP contribution in [0.3, 0.4) is 0 Å². The number of nitrogens with zero attached hydrogens (tertiary/aromatic N) is 1. The monoisotopic (exact) mass is 345 g/mol. The Bertz CT molecular complexity index is 689. The van der Waals surface area contributed by atoms with Crippen LogP contribution in [0.5, 0.6) is 5.75 Å². The van der Waals surface area contributed by atoms with E-state index in [1.807, 2.05) is 43.3 Å². The fourth-order valence-corrected chi connectivity index (χ4v) is 2.49. The number of halogens is 1. The molecule has 0 spiro atoms. The Kier molecular flexibility index (Phi) is 6.77. The highest BCUT2D eigenvalue weighted by atomic mass is 19.1. The van der Waals surface area contributed by atoms with E-state index in [4.69, 9.17) is 4.74 Å². The smallest absolute Gasteiger partial charge is 0.315 e. The summed E-state index contributed by atoms with van der Waals surface area (Å²) in [7, 11) is 5.53. The molecular weight excluding hydrogens is 321 g/mol. The van der Waals surface area contributed by atoms with Crippen LogP contribution in [0.4, 0.5) is 9.18 Å². The molecule has 0 fully saturated rings. The van der Waals surface area contributed by atoms with E-state index >= 15 is 0 Å². The van der Waals surface area contributed by atoms with Gasteiger partial charge < -0.3 is 20.3 Å². The van der Waals surface area contributed by atoms with E-state index in [1.165, 1.54) is 6.07 Å². The first-order valence-corrected chi connectivity index (χ1v) is 8.06. The number of carbonyl (C=O) groups is 1. The maximum absolute atomic E-state index is 13.6. The molecule has 1 unspecified atom stereocenters. The van der Waals surface area contributed by atoms with E-state index in [-0.39, 0.29) is 24.4 Å². The van der Waals surface area contributed by atoms with E-state index in [0.717, 1.165) is 11.3 Å². The molecule has 134 valence electrons. The summed E-state index contributed by atoms with van der Waals surface area (Å²) in [6.07, 6.45) is 0. The molecule has 5 nitrogen and oxygen atoms in total. The summed E-state index contributed by atoms with van der Waals surface area (Å²) in [5.41, 5.74) is 1.53. The SMILES string of the molecule is COc1ccc(C(CNC(=O)NCc2ccccc2F)N(C)C)cc1. The first-order chi connectivity index (χ1) is 12.0. The second-order valence-electron chi connectivity index (χ2n) is 5.91. The minimum atomic E-state index is -0.330. The molecule has 0 aliphatic heterocycles. The number of methoxy groups -OCH3 is 1. The van der Waals surface area contributed by atoms with Gasteiger partial charge in [-0.05, 0) is 37.9 Å². The lowest BCUT2D eigenvalue weighted by Crippen LogP contribution is -2.40. The van der Waals surface area contributed by atoms with Crippen molar-refractivity contribution in [2.45, 2.75) is 12.6 Å². The Hall–Kier alpha value is -2.60. The Morgan fingerprint density at radius 3 is 2.40 bits per heavy atom. The molecule has 0 radical (unpaired) electrons. The van der Waals surface area contributed by atoms with E-state index in [0.29, 0.717) is 12.1 Å². The number of carbonyl (C=O) groups excluding carboxylic acids is 1. The molecule has 0 heterocycles. The summed E-state index contributed by atoms with van der Waals surface area (Å²) in [6, 6.07) is 13.8. The highest BCUT2D eigenvalue weighted by Crippen LogP contribution is 2.20. The van der Waals surface area contributed by atoms with Gasteiger partial charge in [-0.3, -0.25) is 0 Å². The number of hydrogen-bond acceptors (Lipinski definition) is 3. The molecule has 2 aromatic carbocycles. The van der Waals surface area contributed by atoms with Gasteiger partial charge in [-0.1, -0.05) is 30.3 Å². The van der Waals surface area contributed by atoms with Crippen LogP contribution in [0.25, 0.3) is 0 Å². The van der Waals surface area contributed by atoms with Gasteiger partial charge in [0.2, 0.25) is 0 Å². The first kappa shape index (κ1) is 18.7. The van der Waals surface area contributed by atoms with Crippen LogP contribution in [-0.2, 0) is 6.54 Å². The van der Waals surface area contributed by atoms with Gasteiger partial charge in [-0.15, -0.1) is 0 Å². The molecule has 6 heteroatoms. The number of hydrogen-bond donors (Lipinski definition) is 2. The number of benzene rings is 2. The van der Waals surface area contributed by atoms with Crippen LogP contribution < -0.4 is 15.4 Å². The van der Waals surface area contributed by atoms with Crippen molar-refractivity contribution in [1.29, 1.82) is 0 Å². The maximum atomic E-state index is 13.6. The van der Waals surface area contributed by atoms with Gasteiger partial charge in [0.15, 0.2) is 0 Å². The van der Waals surface area contributed by atoms with Crippen molar-refractivity contribution in [3.05, 3.63) is 65.5 Å². The Balaban J connectivity index is 1.89. The molecule has 0 aliphatic rings. The fourth-order valence-electron chi connectivity index (χ4n) is 2.49. The molecule has 2 amide bonds. The summed E-state index contributed by atoms with van der Waals surface area (Å²) in [5, 5.41) is 5.51. The van der Waals surface area contributed by atoms with Crippen molar-refractivity contribution < 1.29 is 13.9 Å². The van der Waals surface area contributed by atoms with Gasteiger partial charge in [0.25, 0.3) is 0 Å². The van der Waals surface area contributed by atoms with Gasteiger partial charge in [0, 0.05) is 18.7 Å². The molecule has 0 saturated carbocycles. The highest BCUT2D eigenvalue weighted by Gasteiger charge is 2.15. The highest BCUT2D eigenvalue weighted by molar-refractivity contribution is 5.73. The zero-order valence-corrected chi connectivity index (χ0v) is 14.8. The van der Waals surface area contributed by atoms with Crippen LogP contribution in [0, 0.1) is 5.82 Å². The van der Waals surface area contributed by atoms with E-state index < -0.39 is 0 Å². The molecule has 0 saturated heterocycles. The molecular formula is C19H24FN3O2. The molecule has 2 rings (SSSR count). The van der Waals surface area contributed by atoms with E-state index in [9.17, 15) is 9.18 Å². The maximum Gasteiger partial charge on any atom is 0.315 e. The number of likely N-dealkylation sites (N-methyl/N-ethyl adjacent to an activating group) is 1. The largest absolute Gasteiger partial charge is 0.497 e. The van der Waals surface area contributed by atoms with Crippen molar-refractivity contribution in [2.24, 2.45) is 0 Å². The molecule has 2 N–H and O–H groups in total. The van der Waals surface area contributed by atoms with Crippen LogP contribution in [0.2, 0.25) is 0 Å². The summed E-state index contributed by atoms with van der Waals surface area (Å²) < 4.78 is 18.7. The average Bonchev–Trinajstić information content (AvgIpc) is 2.61. The summed E-state index contributed by atoms with van der Waals surface area (Å²) in [6.45, 7) is 0.579. The van der Waals surface area contributed by atoms with Gasteiger partial charge in [-0.25, -0.2) is 9.18 Å². The molecule has 2 aromatic rings. The second-order valence-corrected chi connectivity index (χ2v) is 5.91. The molecule has 0 bridgehead atoms. The third-order valence-electron chi connectivity index (χ3n) is 3.98. The Labute approximate surface area is 147 Å². The molecule has 1 atom stereocenters. The van der Waals surface area contributed by atoms with Crippen molar-refractivity contribution in [2.75, 3.05) is 27.7 Å². The number of ether oxygens (including phenoxy) is 1. The minimum Gasteiger partial charge on any atom is -0.497 e. The topological polar surface area (TPSA) is 53.6 Å². The van der Waals surface area contributed by atoms with Crippen molar-refractivity contribution in [3.8, 4) is 5.75 Å². The summed E-state index contributed by atoms with van der Waals surface area (Å²) in [5.74, 6) is 0.462. The van der Waals surface area contributed by atoms with E-state index in [2.05, 4.69) is 10.6 Å². The predicted molar refractivity (Wildman–Crippen MR) is 96.1 cm³/mol. The van der Waals surface area contributed by atoms with Crippen molar-refractivity contribution in [3.63, 3.8) is 0 Å². The third-order valence-corrected chi connectivity index (χ3v) is 3.98. The normalized spacial score (nSPS) is 11.9. The van der Waals surface area contributed by atoms with Crippen LogP contribution in [0.1, 0.15) is 17.2 Å². The van der Waals surface area contributed by atoms with Crippen LogP contribution in [-0.4, -0.2) is 38.7 Å². The Morgan fingerprint density at radius 1 is 1.12 bits per heavy atom. The zero-order chi connectivity index (χ0) is 18.2. The molecule has 0 aliphatic carbocycles. The van der Waals surface area contributed by atoms with Gasteiger partial charge >= 0.3 is 6.03 Å². The lowest BCUT2D eigenvalue weighted by atomic mass is 10.1. The predicted octanol–water partition coefficient (Wildman–Crippen LogP) is 2.94. The van der Waals surface area contributed by atoms with Gasteiger partial charge in [0.05, 0.1) is 13.2 Å². The Morgan fingerprint density at radius 2 is 1.80 bits per heavy atom. The minimum absolute atomic E-state index is 0.0186. The van der Waals surface area contributed by atoms with E-state index in [1.54, 1.807) is 25.3 Å². The lowest BCUT2D eigenvalue weighted by molar-refractivity contribution is 0.232. The summed E-state index contributed by atoms with van der Waals surface area (Å²) >= 11 is 0. The van der Waals surface area contributed by atoms with Crippen molar-refractivity contribution in [1.82, 2.24) is 15.5 Å². The third kappa shape index (κ3) is 5.46. The van der Waals surface area contributed by atoms with Crippen molar-refractivity contribution >= 4 is 6.03 Å². The zero-order valence-electron chi connectivity index (χ0n) is 14.8.